The van der Waals surface area contributed by atoms with Crippen molar-refractivity contribution in [2.75, 3.05) is 11.5 Å². The summed E-state index contributed by atoms with van der Waals surface area (Å²) < 4.78 is 9.35. The molecule has 0 fully saturated rings. The molecular formula is C23H26N4O3S. The Bertz CT molecular complexity index is 1000. The van der Waals surface area contributed by atoms with E-state index >= 15 is 0 Å². The minimum atomic E-state index is -0.911. The molecule has 8 heteroatoms. The third kappa shape index (κ3) is 5.67. The van der Waals surface area contributed by atoms with Crippen molar-refractivity contribution < 1.29 is 14.3 Å². The molecule has 31 heavy (non-hydrogen) atoms. The lowest BCUT2D eigenvalue weighted by atomic mass is 10.0. The lowest BCUT2D eigenvalue weighted by Gasteiger charge is -2.33. The van der Waals surface area contributed by atoms with Gasteiger partial charge in [-0.2, -0.15) is 0 Å². The molecule has 0 radical (unpaired) electrons. The average molecular weight is 439 g/mol. The number of ether oxygens (including phenoxy) is 1. The molecular weight excluding hydrogens is 412 g/mol. The molecule has 2 aromatic carbocycles. The lowest BCUT2D eigenvalue weighted by Crippen LogP contribution is -2.49. The Labute approximate surface area is 186 Å². The number of nitrogens with one attached hydrogen (secondary N) is 1. The van der Waals surface area contributed by atoms with Gasteiger partial charge in [0.1, 0.15) is 11.8 Å². The van der Waals surface area contributed by atoms with Gasteiger partial charge in [0.25, 0.3) is 5.91 Å². The van der Waals surface area contributed by atoms with E-state index < -0.39 is 17.5 Å². The van der Waals surface area contributed by atoms with E-state index in [9.17, 15) is 9.59 Å². The maximum absolute atomic E-state index is 13.5. The molecule has 0 unspecified atom stereocenters. The van der Waals surface area contributed by atoms with Crippen LogP contribution in [0.3, 0.4) is 0 Å². The molecule has 1 N–H and O–H groups in total. The largest absolute Gasteiger partial charge is 0.494 e. The van der Waals surface area contributed by atoms with Gasteiger partial charge in [-0.25, -0.2) is 0 Å². The van der Waals surface area contributed by atoms with Gasteiger partial charge in [-0.3, -0.25) is 14.5 Å². The molecule has 0 aliphatic heterocycles. The van der Waals surface area contributed by atoms with Gasteiger partial charge in [0.15, 0.2) is 5.69 Å². The molecule has 1 aromatic heterocycles. The summed E-state index contributed by atoms with van der Waals surface area (Å²) in [7, 11) is 0. The van der Waals surface area contributed by atoms with E-state index in [0.717, 1.165) is 11.5 Å². The molecule has 3 rings (SSSR count). The second kappa shape index (κ2) is 9.70. The number of carbonyl (C=O) groups excluding carboxylic acids is 2. The monoisotopic (exact) mass is 438 g/mol. The lowest BCUT2D eigenvalue weighted by molar-refractivity contribution is -0.123. The maximum atomic E-state index is 13.5. The second-order valence-electron chi connectivity index (χ2n) is 7.94. The number of aromatic nitrogens is 2. The van der Waals surface area contributed by atoms with Crippen LogP contribution in [0.5, 0.6) is 5.75 Å². The highest BCUT2D eigenvalue weighted by Gasteiger charge is 2.35. The van der Waals surface area contributed by atoms with E-state index in [1.807, 2.05) is 45.9 Å². The normalized spacial score (nSPS) is 12.1. The number of para-hydroxylation sites is 1. The SMILES string of the molecule is CCOc1ccc([C@@H](C(=O)NC(C)(C)C)N(C(=O)c2csnn2)c2ccccc2)cc1. The van der Waals surface area contributed by atoms with Crippen LogP contribution >= 0.6 is 11.5 Å². The predicted molar refractivity (Wildman–Crippen MR) is 121 cm³/mol. The van der Waals surface area contributed by atoms with Crippen molar-refractivity contribution >= 4 is 29.0 Å². The van der Waals surface area contributed by atoms with Crippen LogP contribution in [0.1, 0.15) is 49.8 Å². The fourth-order valence-electron chi connectivity index (χ4n) is 3.12. The first kappa shape index (κ1) is 22.4. The van der Waals surface area contributed by atoms with Crippen molar-refractivity contribution in [1.29, 1.82) is 0 Å². The number of amides is 2. The number of rotatable bonds is 7. The van der Waals surface area contributed by atoms with Gasteiger partial charge in [-0.05, 0) is 69.1 Å². The van der Waals surface area contributed by atoms with E-state index in [1.54, 1.807) is 41.8 Å². The van der Waals surface area contributed by atoms with Gasteiger partial charge in [0.05, 0.1) is 6.61 Å². The highest BCUT2D eigenvalue weighted by molar-refractivity contribution is 7.03. The summed E-state index contributed by atoms with van der Waals surface area (Å²) in [5.74, 6) is 0.00228. The Morgan fingerprint density at radius 2 is 1.77 bits per heavy atom. The molecule has 3 aromatic rings. The number of hydrogen-bond donors (Lipinski definition) is 1. The summed E-state index contributed by atoms with van der Waals surface area (Å²) >= 11 is 1.09. The van der Waals surface area contributed by atoms with Crippen LogP contribution in [0.25, 0.3) is 0 Å². The molecule has 162 valence electrons. The molecule has 2 amide bonds. The molecule has 1 atom stereocenters. The topological polar surface area (TPSA) is 84.4 Å². The van der Waals surface area contributed by atoms with Crippen molar-refractivity contribution in [2.24, 2.45) is 0 Å². The number of anilines is 1. The molecule has 0 saturated carbocycles. The van der Waals surface area contributed by atoms with E-state index in [0.29, 0.717) is 23.6 Å². The number of hydrogen-bond acceptors (Lipinski definition) is 6. The molecule has 0 aliphatic carbocycles. The molecule has 0 aliphatic rings. The average Bonchev–Trinajstić information content (AvgIpc) is 3.27. The molecule has 1 heterocycles. The highest BCUT2D eigenvalue weighted by Crippen LogP contribution is 2.31. The minimum Gasteiger partial charge on any atom is -0.494 e. The van der Waals surface area contributed by atoms with Crippen molar-refractivity contribution in [1.82, 2.24) is 14.9 Å². The Kier molecular flexibility index (Phi) is 7.02. The Morgan fingerprint density at radius 3 is 2.32 bits per heavy atom. The number of benzene rings is 2. The number of nitrogens with zero attached hydrogens (tertiary/aromatic N) is 3. The third-order valence-electron chi connectivity index (χ3n) is 4.34. The molecule has 0 spiro atoms. The number of carbonyl (C=O) groups is 2. The molecule has 0 bridgehead atoms. The van der Waals surface area contributed by atoms with Crippen LogP contribution in [0.2, 0.25) is 0 Å². The van der Waals surface area contributed by atoms with Gasteiger partial charge >= 0.3 is 0 Å². The predicted octanol–water partition coefficient (Wildman–Crippen LogP) is 4.24. The van der Waals surface area contributed by atoms with Crippen molar-refractivity contribution in [3.05, 3.63) is 71.2 Å². The van der Waals surface area contributed by atoms with E-state index in [-0.39, 0.29) is 11.6 Å². The standard InChI is InChI=1S/C23H26N4O3S/c1-5-30-18-13-11-16(12-14-18)20(21(28)24-23(2,3)4)27(17-9-7-6-8-10-17)22(29)19-15-31-26-25-19/h6-15,20H,5H2,1-4H3,(H,24,28)/t20-/m0/s1. The first-order valence-corrected chi connectivity index (χ1v) is 10.8. The summed E-state index contributed by atoms with van der Waals surface area (Å²) in [5, 5.41) is 8.53. The summed E-state index contributed by atoms with van der Waals surface area (Å²) in [5.41, 5.74) is 0.955. The van der Waals surface area contributed by atoms with Gasteiger partial charge in [0, 0.05) is 16.6 Å². The Hall–Kier alpha value is -3.26. The summed E-state index contributed by atoms with van der Waals surface area (Å²) in [6.07, 6.45) is 0. The maximum Gasteiger partial charge on any atom is 0.280 e. The fourth-order valence-corrected chi connectivity index (χ4v) is 3.55. The Morgan fingerprint density at radius 1 is 1.10 bits per heavy atom. The zero-order valence-electron chi connectivity index (χ0n) is 18.0. The Balaban J connectivity index is 2.12. The van der Waals surface area contributed by atoms with Crippen LogP contribution in [0.15, 0.2) is 60.0 Å². The highest BCUT2D eigenvalue weighted by atomic mass is 32.1. The van der Waals surface area contributed by atoms with Crippen LogP contribution in [0.4, 0.5) is 5.69 Å². The first-order chi connectivity index (χ1) is 14.8. The van der Waals surface area contributed by atoms with Crippen LogP contribution < -0.4 is 15.0 Å². The first-order valence-electron chi connectivity index (χ1n) is 10.0. The van der Waals surface area contributed by atoms with Crippen LogP contribution in [-0.4, -0.2) is 33.5 Å². The van der Waals surface area contributed by atoms with Crippen molar-refractivity contribution in [3.63, 3.8) is 0 Å². The second-order valence-corrected chi connectivity index (χ2v) is 8.55. The zero-order chi connectivity index (χ0) is 22.4. The quantitative estimate of drug-likeness (QED) is 0.596. The summed E-state index contributed by atoms with van der Waals surface area (Å²) in [6, 6.07) is 15.4. The fraction of sp³-hybridized carbons (Fsp3) is 0.304. The van der Waals surface area contributed by atoms with Gasteiger partial charge in [0.2, 0.25) is 5.91 Å². The minimum absolute atomic E-state index is 0.188. The molecule has 0 saturated heterocycles. The van der Waals surface area contributed by atoms with Gasteiger partial charge in [-0.1, -0.05) is 34.8 Å². The summed E-state index contributed by atoms with van der Waals surface area (Å²) in [4.78, 5) is 28.4. The van der Waals surface area contributed by atoms with Gasteiger partial charge < -0.3 is 10.1 Å². The van der Waals surface area contributed by atoms with Gasteiger partial charge in [-0.15, -0.1) is 5.10 Å². The van der Waals surface area contributed by atoms with Crippen molar-refractivity contribution in [2.45, 2.75) is 39.3 Å². The smallest absolute Gasteiger partial charge is 0.280 e. The van der Waals surface area contributed by atoms with E-state index in [4.69, 9.17) is 4.74 Å². The van der Waals surface area contributed by atoms with Crippen LogP contribution in [-0.2, 0) is 4.79 Å². The zero-order valence-corrected chi connectivity index (χ0v) is 18.8. The summed E-state index contributed by atoms with van der Waals surface area (Å²) in [6.45, 7) is 8.15. The molecule has 7 nitrogen and oxygen atoms in total. The van der Waals surface area contributed by atoms with Crippen LogP contribution in [0, 0.1) is 0 Å². The van der Waals surface area contributed by atoms with Crippen molar-refractivity contribution in [3.8, 4) is 5.75 Å². The third-order valence-corrected chi connectivity index (χ3v) is 4.85. The van der Waals surface area contributed by atoms with E-state index in [2.05, 4.69) is 14.9 Å². The van der Waals surface area contributed by atoms with E-state index in [1.165, 1.54) is 4.90 Å².